The summed E-state index contributed by atoms with van der Waals surface area (Å²) in [7, 11) is 0. The Morgan fingerprint density at radius 2 is 2.14 bits per heavy atom. The van der Waals surface area contributed by atoms with Gasteiger partial charge in [-0.3, -0.25) is 0 Å². The first-order chi connectivity index (χ1) is 6.54. The molecule has 0 saturated carbocycles. The lowest BCUT2D eigenvalue weighted by Gasteiger charge is -2.17. The highest BCUT2D eigenvalue weighted by atomic mass is 19.4. The van der Waals surface area contributed by atoms with E-state index in [1.165, 1.54) is 0 Å². The van der Waals surface area contributed by atoms with E-state index in [2.05, 4.69) is 5.32 Å². The van der Waals surface area contributed by atoms with Gasteiger partial charge in [0.15, 0.2) is 0 Å². The van der Waals surface area contributed by atoms with Gasteiger partial charge in [-0.1, -0.05) is 6.08 Å². The Bertz CT molecular complexity index is 253. The van der Waals surface area contributed by atoms with Crippen LogP contribution in [0, 0.1) is 0 Å². The molecule has 0 radical (unpaired) electrons. The molecule has 80 valence electrons. The summed E-state index contributed by atoms with van der Waals surface area (Å²) < 4.78 is 36.9. The molecule has 0 bridgehead atoms. The summed E-state index contributed by atoms with van der Waals surface area (Å²) in [5.41, 5.74) is 5.28. The van der Waals surface area contributed by atoms with E-state index in [-0.39, 0.29) is 6.42 Å². The van der Waals surface area contributed by atoms with Gasteiger partial charge in [0.1, 0.15) is 0 Å². The molecular formula is C9H13F3N2. The molecule has 0 fully saturated rings. The Kier molecular flexibility index (Phi) is 3.57. The number of nitrogens with two attached hydrogens (primary N) is 1. The van der Waals surface area contributed by atoms with Crippen LogP contribution in [0.5, 0.6) is 0 Å². The number of halogens is 3. The molecule has 1 aliphatic rings. The summed E-state index contributed by atoms with van der Waals surface area (Å²) in [5.74, 6) is 0. The van der Waals surface area contributed by atoms with Gasteiger partial charge in [-0.15, -0.1) is 0 Å². The van der Waals surface area contributed by atoms with E-state index in [9.17, 15) is 13.2 Å². The fourth-order valence-corrected chi connectivity index (χ4v) is 1.27. The zero-order valence-electron chi connectivity index (χ0n) is 7.69. The normalized spacial score (nSPS) is 17.4. The summed E-state index contributed by atoms with van der Waals surface area (Å²) in [6.45, 7) is 0.903. The number of alkyl halides is 3. The van der Waals surface area contributed by atoms with Crippen LogP contribution in [0.2, 0.25) is 0 Å². The maximum Gasteiger partial charge on any atom is 0.412 e. The molecule has 0 aromatic heterocycles. The first-order valence-corrected chi connectivity index (χ1v) is 4.46. The molecular weight excluding hydrogens is 193 g/mol. The van der Waals surface area contributed by atoms with Crippen molar-refractivity contribution in [2.45, 2.75) is 19.0 Å². The number of allylic oxidation sites excluding steroid dienone is 3. The standard InChI is InChI=1S/C9H13F3N2/c10-9(11,12)7-2-1-3-8(6-7)14-5-4-13/h3,6,14H,1-2,4-5,13H2. The van der Waals surface area contributed by atoms with Crippen LogP contribution in [0.4, 0.5) is 13.2 Å². The Balaban J connectivity index is 2.63. The molecule has 3 N–H and O–H groups in total. The van der Waals surface area contributed by atoms with Crippen molar-refractivity contribution < 1.29 is 13.2 Å². The van der Waals surface area contributed by atoms with Crippen LogP contribution < -0.4 is 11.1 Å². The van der Waals surface area contributed by atoms with Crippen molar-refractivity contribution in [3.63, 3.8) is 0 Å². The van der Waals surface area contributed by atoms with E-state index in [1.54, 1.807) is 6.08 Å². The quantitative estimate of drug-likeness (QED) is 0.737. The van der Waals surface area contributed by atoms with Gasteiger partial charge in [0, 0.05) is 24.4 Å². The lowest BCUT2D eigenvalue weighted by atomic mass is 10.0. The number of hydrogen-bond acceptors (Lipinski definition) is 2. The topological polar surface area (TPSA) is 38.0 Å². The van der Waals surface area contributed by atoms with Gasteiger partial charge in [0.05, 0.1) is 0 Å². The molecule has 2 nitrogen and oxygen atoms in total. The second kappa shape index (κ2) is 4.50. The Labute approximate surface area is 80.7 Å². The largest absolute Gasteiger partial charge is 0.412 e. The zero-order chi connectivity index (χ0) is 10.6. The average Bonchev–Trinajstić information content (AvgIpc) is 2.14. The lowest BCUT2D eigenvalue weighted by molar-refractivity contribution is -0.0941. The lowest BCUT2D eigenvalue weighted by Crippen LogP contribution is -2.23. The third-order valence-electron chi connectivity index (χ3n) is 1.95. The fourth-order valence-electron chi connectivity index (χ4n) is 1.27. The first kappa shape index (κ1) is 11.1. The molecule has 1 rings (SSSR count). The summed E-state index contributed by atoms with van der Waals surface area (Å²) in [4.78, 5) is 0. The van der Waals surface area contributed by atoms with Crippen molar-refractivity contribution in [3.05, 3.63) is 23.4 Å². The monoisotopic (exact) mass is 206 g/mol. The van der Waals surface area contributed by atoms with Gasteiger partial charge in [-0.2, -0.15) is 13.2 Å². The maximum absolute atomic E-state index is 12.3. The van der Waals surface area contributed by atoms with Crippen LogP contribution in [0.1, 0.15) is 12.8 Å². The highest BCUT2D eigenvalue weighted by Crippen LogP contribution is 2.32. The SMILES string of the molecule is NCCNC1=CCCC(C(F)(F)F)=C1. The Morgan fingerprint density at radius 1 is 1.43 bits per heavy atom. The van der Waals surface area contributed by atoms with Gasteiger partial charge in [-0.25, -0.2) is 0 Å². The smallest absolute Gasteiger partial charge is 0.384 e. The average molecular weight is 206 g/mol. The Morgan fingerprint density at radius 3 is 2.71 bits per heavy atom. The van der Waals surface area contributed by atoms with Crippen molar-refractivity contribution in [2.75, 3.05) is 13.1 Å². The molecule has 0 heterocycles. The minimum atomic E-state index is -4.20. The molecule has 0 saturated heterocycles. The van der Waals surface area contributed by atoms with E-state index in [0.717, 1.165) is 6.08 Å². The minimum Gasteiger partial charge on any atom is -0.384 e. The molecule has 0 amide bonds. The van der Waals surface area contributed by atoms with Crippen LogP contribution in [-0.2, 0) is 0 Å². The van der Waals surface area contributed by atoms with Crippen molar-refractivity contribution >= 4 is 0 Å². The highest BCUT2D eigenvalue weighted by Gasteiger charge is 2.33. The minimum absolute atomic E-state index is 0.0668. The van der Waals surface area contributed by atoms with Crippen LogP contribution in [-0.4, -0.2) is 19.3 Å². The molecule has 1 aliphatic carbocycles. The highest BCUT2D eigenvalue weighted by molar-refractivity contribution is 5.29. The van der Waals surface area contributed by atoms with Gasteiger partial charge in [0.25, 0.3) is 0 Å². The predicted octanol–water partition coefficient (Wildman–Crippen LogP) is 1.70. The molecule has 0 atom stereocenters. The van der Waals surface area contributed by atoms with Crippen molar-refractivity contribution in [2.24, 2.45) is 5.73 Å². The summed E-state index contributed by atoms with van der Waals surface area (Å²) in [5, 5.41) is 2.83. The Hall–Kier alpha value is -0.970. The first-order valence-electron chi connectivity index (χ1n) is 4.46. The summed E-state index contributed by atoms with van der Waals surface area (Å²) in [6, 6.07) is 0. The van der Waals surface area contributed by atoms with E-state index in [0.29, 0.717) is 25.2 Å². The third-order valence-corrected chi connectivity index (χ3v) is 1.95. The summed E-state index contributed by atoms with van der Waals surface area (Å²) in [6.07, 6.45) is -0.802. The van der Waals surface area contributed by atoms with Crippen molar-refractivity contribution in [3.8, 4) is 0 Å². The van der Waals surface area contributed by atoms with Gasteiger partial charge in [0.2, 0.25) is 0 Å². The third kappa shape index (κ3) is 3.06. The molecule has 0 aromatic carbocycles. The van der Waals surface area contributed by atoms with Crippen LogP contribution in [0.15, 0.2) is 23.4 Å². The number of rotatable bonds is 3. The molecule has 5 heteroatoms. The van der Waals surface area contributed by atoms with Crippen LogP contribution in [0.25, 0.3) is 0 Å². The number of nitrogens with one attached hydrogen (secondary N) is 1. The maximum atomic E-state index is 12.3. The molecule has 0 aromatic rings. The molecule has 0 spiro atoms. The van der Waals surface area contributed by atoms with Gasteiger partial charge >= 0.3 is 6.18 Å². The van der Waals surface area contributed by atoms with E-state index in [4.69, 9.17) is 5.73 Å². The molecule has 14 heavy (non-hydrogen) atoms. The predicted molar refractivity (Wildman–Crippen MR) is 48.5 cm³/mol. The summed E-state index contributed by atoms with van der Waals surface area (Å²) >= 11 is 0. The number of hydrogen-bond donors (Lipinski definition) is 2. The zero-order valence-corrected chi connectivity index (χ0v) is 7.69. The fraction of sp³-hybridized carbons (Fsp3) is 0.556. The molecule has 0 unspecified atom stereocenters. The second-order valence-electron chi connectivity index (χ2n) is 3.08. The van der Waals surface area contributed by atoms with Gasteiger partial charge < -0.3 is 11.1 Å². The van der Waals surface area contributed by atoms with E-state index >= 15 is 0 Å². The van der Waals surface area contributed by atoms with Crippen LogP contribution in [0.3, 0.4) is 0 Å². The van der Waals surface area contributed by atoms with Crippen molar-refractivity contribution in [1.29, 1.82) is 0 Å². The van der Waals surface area contributed by atoms with E-state index in [1.807, 2.05) is 0 Å². The van der Waals surface area contributed by atoms with Crippen LogP contribution >= 0.6 is 0 Å². The van der Waals surface area contributed by atoms with E-state index < -0.39 is 11.7 Å². The second-order valence-corrected chi connectivity index (χ2v) is 3.08. The van der Waals surface area contributed by atoms with Gasteiger partial charge in [-0.05, 0) is 18.9 Å². The van der Waals surface area contributed by atoms with Crippen molar-refractivity contribution in [1.82, 2.24) is 5.32 Å². The molecule has 0 aliphatic heterocycles.